The molecule has 1 N–H and O–H groups in total. The lowest BCUT2D eigenvalue weighted by molar-refractivity contribution is -0.137. The van der Waals surface area contributed by atoms with Gasteiger partial charge < -0.3 is 14.8 Å². The van der Waals surface area contributed by atoms with Gasteiger partial charge in [0.1, 0.15) is 12.0 Å². The van der Waals surface area contributed by atoms with Crippen molar-refractivity contribution < 1.29 is 27.2 Å². The number of amides is 1. The van der Waals surface area contributed by atoms with Crippen molar-refractivity contribution in [2.75, 3.05) is 32.7 Å². The summed E-state index contributed by atoms with van der Waals surface area (Å²) in [5.74, 6) is -0.231. The first-order valence-corrected chi connectivity index (χ1v) is 17.3. The van der Waals surface area contributed by atoms with Gasteiger partial charge in [0.05, 0.1) is 5.56 Å². The second-order valence-electron chi connectivity index (χ2n) is 11.7. The monoisotopic (exact) mass is 711 g/mol. The van der Waals surface area contributed by atoms with E-state index in [4.69, 9.17) is 0 Å². The molecule has 1 atom stereocenters. The summed E-state index contributed by atoms with van der Waals surface area (Å²) in [6, 6.07) is 18.4. The van der Waals surface area contributed by atoms with Crippen LogP contribution in [0.25, 0.3) is 11.1 Å². The first kappa shape index (κ1) is 38.5. The number of nitrogens with one attached hydrogen (secondary N) is 1. The van der Waals surface area contributed by atoms with E-state index in [0.29, 0.717) is 41.7 Å². The molecule has 1 aromatic heterocycles. The molecular weight excluding hydrogens is 670 g/mol. The Bertz CT molecular complexity index is 1760. The Kier molecular flexibility index (Phi) is 13.9. The molecule has 0 aliphatic heterocycles. The second-order valence-corrected chi connectivity index (χ2v) is 12.7. The van der Waals surface area contributed by atoms with Gasteiger partial charge in [-0.3, -0.25) is 19.3 Å². The fourth-order valence-corrected chi connectivity index (χ4v) is 6.34. The van der Waals surface area contributed by atoms with E-state index in [1.807, 2.05) is 29.2 Å². The van der Waals surface area contributed by atoms with E-state index in [1.165, 1.54) is 43.0 Å². The Hall–Kier alpha value is -4.33. The lowest BCUT2D eigenvalue weighted by Gasteiger charge is -2.33. The Morgan fingerprint density at radius 3 is 2.10 bits per heavy atom. The van der Waals surface area contributed by atoms with E-state index in [0.717, 1.165) is 48.2 Å². The van der Waals surface area contributed by atoms with Gasteiger partial charge in [-0.2, -0.15) is 18.2 Å². The van der Waals surface area contributed by atoms with E-state index >= 15 is 0 Å². The van der Waals surface area contributed by atoms with Crippen molar-refractivity contribution in [2.24, 2.45) is 0 Å². The number of thioether (sulfide) groups is 1. The maximum atomic E-state index is 13.5. The van der Waals surface area contributed by atoms with Crippen LogP contribution in [0.4, 0.5) is 17.6 Å². The van der Waals surface area contributed by atoms with Crippen molar-refractivity contribution in [2.45, 2.75) is 57.0 Å². The van der Waals surface area contributed by atoms with Gasteiger partial charge in [-0.05, 0) is 66.0 Å². The largest absolute Gasteiger partial charge is 0.416 e. The fourth-order valence-electron chi connectivity index (χ4n) is 5.40. The van der Waals surface area contributed by atoms with Gasteiger partial charge in [0.15, 0.2) is 11.4 Å². The van der Waals surface area contributed by atoms with E-state index < -0.39 is 23.5 Å². The van der Waals surface area contributed by atoms with Crippen molar-refractivity contribution in [3.8, 4) is 11.1 Å². The predicted octanol–water partition coefficient (Wildman–Crippen LogP) is 6.58. The summed E-state index contributed by atoms with van der Waals surface area (Å²) in [7, 11) is 0. The molecule has 0 aliphatic carbocycles. The SMILES string of the molecule is CCN(CC)CCN(Cc1ccc(-c2ccc(C(F)(F)F)cc2)cc1)C(C=O)n1cc(CCNC(C)=O)c(=O)nc1SCc1ccc(F)cc1. The summed E-state index contributed by atoms with van der Waals surface area (Å²) in [5, 5.41) is 3.00. The maximum absolute atomic E-state index is 13.5. The molecule has 4 rings (SSSR count). The number of aldehydes is 1. The van der Waals surface area contributed by atoms with Crippen LogP contribution in [-0.2, 0) is 34.5 Å². The minimum Gasteiger partial charge on any atom is -0.356 e. The highest BCUT2D eigenvalue weighted by molar-refractivity contribution is 7.98. The number of halogens is 4. The van der Waals surface area contributed by atoms with E-state index in [2.05, 4.69) is 29.0 Å². The summed E-state index contributed by atoms with van der Waals surface area (Å²) in [6.45, 7) is 8.82. The van der Waals surface area contributed by atoms with Crippen LogP contribution in [0, 0.1) is 5.82 Å². The van der Waals surface area contributed by atoms with Gasteiger partial charge in [0.25, 0.3) is 5.56 Å². The third kappa shape index (κ3) is 10.8. The van der Waals surface area contributed by atoms with Gasteiger partial charge in [-0.15, -0.1) is 0 Å². The summed E-state index contributed by atoms with van der Waals surface area (Å²) in [5.41, 5.74) is 2.22. The van der Waals surface area contributed by atoms with Gasteiger partial charge in [0.2, 0.25) is 5.91 Å². The highest BCUT2D eigenvalue weighted by Crippen LogP contribution is 2.31. The molecule has 1 amide bonds. The van der Waals surface area contributed by atoms with Crippen LogP contribution in [-0.4, -0.2) is 64.3 Å². The lowest BCUT2D eigenvalue weighted by Crippen LogP contribution is -2.41. The smallest absolute Gasteiger partial charge is 0.356 e. The molecule has 3 aromatic carbocycles. The molecule has 50 heavy (non-hydrogen) atoms. The molecule has 1 heterocycles. The molecule has 0 saturated carbocycles. The molecule has 0 aliphatic rings. The fraction of sp³-hybridized carbons (Fsp3) is 0.351. The van der Waals surface area contributed by atoms with E-state index in [-0.39, 0.29) is 24.7 Å². The van der Waals surface area contributed by atoms with Crippen molar-refractivity contribution in [1.82, 2.24) is 24.7 Å². The van der Waals surface area contributed by atoms with E-state index in [1.54, 1.807) is 22.9 Å². The zero-order valence-corrected chi connectivity index (χ0v) is 29.1. The highest BCUT2D eigenvalue weighted by Gasteiger charge is 2.30. The molecule has 0 saturated heterocycles. The average molecular weight is 712 g/mol. The topological polar surface area (TPSA) is 87.5 Å². The first-order valence-electron chi connectivity index (χ1n) is 16.3. The van der Waals surface area contributed by atoms with Gasteiger partial charge in [0, 0.05) is 50.6 Å². The molecule has 8 nitrogen and oxygen atoms in total. The van der Waals surface area contributed by atoms with Crippen LogP contribution in [0.1, 0.15) is 49.2 Å². The van der Waals surface area contributed by atoms with Crippen LogP contribution < -0.4 is 10.9 Å². The zero-order valence-electron chi connectivity index (χ0n) is 28.3. The van der Waals surface area contributed by atoms with Crippen LogP contribution in [0.3, 0.4) is 0 Å². The number of aromatic nitrogens is 2. The quantitative estimate of drug-likeness (QED) is 0.0573. The number of alkyl halides is 3. The van der Waals surface area contributed by atoms with Crippen molar-refractivity contribution in [3.63, 3.8) is 0 Å². The Morgan fingerprint density at radius 2 is 1.54 bits per heavy atom. The molecule has 1 unspecified atom stereocenters. The number of nitrogens with zero attached hydrogens (tertiary/aromatic N) is 4. The Labute approximate surface area is 293 Å². The summed E-state index contributed by atoms with van der Waals surface area (Å²) in [6.07, 6.45) is -2.64. The normalized spacial score (nSPS) is 12.3. The average Bonchev–Trinajstić information content (AvgIpc) is 3.09. The van der Waals surface area contributed by atoms with E-state index in [9.17, 15) is 31.9 Å². The Morgan fingerprint density at radius 1 is 0.940 bits per heavy atom. The minimum absolute atomic E-state index is 0.213. The molecule has 0 bridgehead atoms. The molecule has 0 fully saturated rings. The molecule has 4 aromatic rings. The number of hydrogen-bond acceptors (Lipinski definition) is 7. The number of benzene rings is 3. The van der Waals surface area contributed by atoms with Crippen molar-refractivity contribution in [1.29, 1.82) is 0 Å². The van der Waals surface area contributed by atoms with Crippen LogP contribution in [0.2, 0.25) is 0 Å². The van der Waals surface area contributed by atoms with Gasteiger partial charge >= 0.3 is 6.18 Å². The van der Waals surface area contributed by atoms with Gasteiger partial charge in [-0.1, -0.05) is 74.1 Å². The Balaban J connectivity index is 1.68. The predicted molar refractivity (Wildman–Crippen MR) is 187 cm³/mol. The maximum Gasteiger partial charge on any atom is 0.416 e. The standard InChI is InChI=1S/C37H41F4N5O3S/c1-4-44(5-2)20-21-45(22-27-6-10-29(11-7-27)30-12-14-32(15-13-30)37(39,40)41)34(24-47)46-23-31(18-19-42-26(3)48)35(49)43-36(46)50-25-28-8-16-33(38)17-9-28/h6-17,23-24,34H,4-5,18-22,25H2,1-3H3,(H,42,48). The number of carbonyl (C=O) groups excluding carboxylic acids is 2. The van der Waals surface area contributed by atoms with Crippen molar-refractivity contribution >= 4 is 24.0 Å². The molecular formula is C37H41F4N5O3S. The summed E-state index contributed by atoms with van der Waals surface area (Å²) >= 11 is 1.25. The molecule has 0 spiro atoms. The third-order valence-electron chi connectivity index (χ3n) is 8.30. The summed E-state index contributed by atoms with van der Waals surface area (Å²) in [4.78, 5) is 46.3. The number of hydrogen-bond donors (Lipinski definition) is 1. The summed E-state index contributed by atoms with van der Waals surface area (Å²) < 4.78 is 54.5. The number of likely N-dealkylation sites (N-methyl/N-ethyl adjacent to an activating group) is 1. The number of carbonyl (C=O) groups is 2. The van der Waals surface area contributed by atoms with Crippen molar-refractivity contribution in [3.05, 3.63) is 117 Å². The van der Waals surface area contributed by atoms with Crippen LogP contribution in [0.15, 0.2) is 88.9 Å². The van der Waals surface area contributed by atoms with Gasteiger partial charge in [-0.25, -0.2) is 4.39 Å². The third-order valence-corrected chi connectivity index (χ3v) is 9.34. The first-order chi connectivity index (χ1) is 23.9. The zero-order chi connectivity index (χ0) is 36.3. The lowest BCUT2D eigenvalue weighted by atomic mass is 10.0. The highest BCUT2D eigenvalue weighted by atomic mass is 32.2. The minimum atomic E-state index is -4.42. The number of rotatable bonds is 17. The molecule has 266 valence electrons. The molecule has 0 radical (unpaired) electrons. The molecule has 13 heteroatoms. The van der Waals surface area contributed by atoms with Crippen LogP contribution in [0.5, 0.6) is 0 Å². The second kappa shape index (κ2) is 18.1. The van der Waals surface area contributed by atoms with Crippen LogP contribution >= 0.6 is 11.8 Å².